The number of ether oxygens (including phenoxy) is 1. The monoisotopic (exact) mass is 420 g/mol. The van der Waals surface area contributed by atoms with Crippen molar-refractivity contribution >= 4 is 21.1 Å². The SMILES string of the molecule is CCCCCCCOCCCCCCC.CCC[CH2][Sn][CH2]C. The van der Waals surface area contributed by atoms with E-state index in [9.17, 15) is 0 Å². The predicted octanol–water partition coefficient (Wildman–Crippen LogP) is 7.29. The molecule has 0 fully saturated rings. The first-order chi connectivity index (χ1) is 10.8. The second-order valence-electron chi connectivity index (χ2n) is 6.15. The molecule has 0 spiro atoms. The zero-order chi connectivity index (χ0) is 16.7. The van der Waals surface area contributed by atoms with Gasteiger partial charge in [-0.05, 0) is 12.8 Å². The van der Waals surface area contributed by atoms with Crippen molar-refractivity contribution < 1.29 is 4.74 Å². The van der Waals surface area contributed by atoms with E-state index in [0.29, 0.717) is 0 Å². The minimum absolute atomic E-state index is 0.184. The summed E-state index contributed by atoms with van der Waals surface area (Å²) in [7, 11) is 0. The maximum absolute atomic E-state index is 5.59. The molecule has 0 aromatic heterocycles. The average molecular weight is 419 g/mol. The molecule has 0 amide bonds. The van der Waals surface area contributed by atoms with E-state index in [-0.39, 0.29) is 21.1 Å². The van der Waals surface area contributed by atoms with Gasteiger partial charge in [-0.25, -0.2) is 0 Å². The first kappa shape index (κ1) is 25.0. The van der Waals surface area contributed by atoms with Crippen LogP contribution in [0, 0.1) is 0 Å². The fraction of sp³-hybridized carbons (Fsp3) is 1.00. The molecular weight excluding hydrogens is 375 g/mol. The Morgan fingerprint density at radius 1 is 0.545 bits per heavy atom. The summed E-state index contributed by atoms with van der Waals surface area (Å²) < 4.78 is 8.73. The van der Waals surface area contributed by atoms with Crippen molar-refractivity contribution in [3.8, 4) is 0 Å². The molecule has 0 aromatic carbocycles. The van der Waals surface area contributed by atoms with Gasteiger partial charge in [-0.2, -0.15) is 0 Å². The standard InChI is InChI=1S/C14H30O.C4H9.C2H5.Sn/c1-3-5-7-9-11-13-15-14-12-10-8-6-4-2;1-3-4-2;1-2;/h3-14H2,1-2H3;1,3-4H2,2H3;1H2,2H3;. The molecule has 0 rings (SSSR count). The van der Waals surface area contributed by atoms with Gasteiger partial charge in [-0.3, -0.25) is 0 Å². The summed E-state index contributed by atoms with van der Waals surface area (Å²) in [5, 5.41) is 0. The summed E-state index contributed by atoms with van der Waals surface area (Å²) in [5.41, 5.74) is 0. The number of unbranched alkanes of at least 4 members (excludes halogenated alkanes) is 9. The molecule has 0 aromatic rings. The zero-order valence-electron chi connectivity index (χ0n) is 16.2. The molecule has 22 heavy (non-hydrogen) atoms. The van der Waals surface area contributed by atoms with Crippen LogP contribution in [0.4, 0.5) is 0 Å². The van der Waals surface area contributed by atoms with Crippen molar-refractivity contribution in [2.75, 3.05) is 13.2 Å². The van der Waals surface area contributed by atoms with Crippen LogP contribution in [-0.2, 0) is 4.74 Å². The Kier molecular flexibility index (Phi) is 30.3. The van der Waals surface area contributed by atoms with E-state index in [1.54, 1.807) is 4.44 Å². The van der Waals surface area contributed by atoms with Crippen molar-refractivity contribution in [3.63, 3.8) is 0 Å². The Hall–Kier alpha value is 0.759. The van der Waals surface area contributed by atoms with E-state index in [1.807, 2.05) is 0 Å². The van der Waals surface area contributed by atoms with Crippen LogP contribution in [0.1, 0.15) is 105 Å². The third-order valence-corrected chi connectivity index (χ3v) is 7.19. The molecule has 0 N–H and O–H groups in total. The van der Waals surface area contributed by atoms with Gasteiger partial charge < -0.3 is 4.74 Å². The van der Waals surface area contributed by atoms with E-state index in [4.69, 9.17) is 4.74 Å². The summed E-state index contributed by atoms with van der Waals surface area (Å²) >= 11 is 0.184. The van der Waals surface area contributed by atoms with E-state index >= 15 is 0 Å². The molecule has 0 aliphatic carbocycles. The van der Waals surface area contributed by atoms with E-state index in [2.05, 4.69) is 27.7 Å². The number of hydrogen-bond donors (Lipinski definition) is 0. The van der Waals surface area contributed by atoms with Crippen LogP contribution in [0.2, 0.25) is 8.87 Å². The van der Waals surface area contributed by atoms with Crippen LogP contribution < -0.4 is 0 Å². The molecule has 2 heteroatoms. The van der Waals surface area contributed by atoms with Crippen LogP contribution >= 0.6 is 0 Å². The summed E-state index contributed by atoms with van der Waals surface area (Å²) in [5.74, 6) is 0. The van der Waals surface area contributed by atoms with Crippen LogP contribution in [0.15, 0.2) is 0 Å². The molecule has 0 saturated heterocycles. The second kappa shape index (κ2) is 26.6. The van der Waals surface area contributed by atoms with Crippen LogP contribution in [-0.4, -0.2) is 34.4 Å². The summed E-state index contributed by atoms with van der Waals surface area (Å²) in [6, 6.07) is 0. The van der Waals surface area contributed by atoms with E-state index in [0.717, 1.165) is 13.2 Å². The van der Waals surface area contributed by atoms with Crippen LogP contribution in [0.5, 0.6) is 0 Å². The van der Waals surface area contributed by atoms with Gasteiger partial charge in [0.15, 0.2) is 0 Å². The molecule has 0 bridgehead atoms. The normalized spacial score (nSPS) is 10.4. The molecular formula is C20H44OSn. The quantitative estimate of drug-likeness (QED) is 0.189. The Bertz CT molecular complexity index is 146. The van der Waals surface area contributed by atoms with Crippen molar-refractivity contribution in [1.82, 2.24) is 0 Å². The van der Waals surface area contributed by atoms with Gasteiger partial charge >= 0.3 is 56.7 Å². The van der Waals surface area contributed by atoms with Crippen molar-refractivity contribution in [2.24, 2.45) is 0 Å². The first-order valence-electron chi connectivity index (χ1n) is 10.1. The Morgan fingerprint density at radius 2 is 1.00 bits per heavy atom. The molecule has 0 saturated carbocycles. The van der Waals surface area contributed by atoms with Gasteiger partial charge in [0.2, 0.25) is 0 Å². The van der Waals surface area contributed by atoms with E-state index < -0.39 is 0 Å². The maximum atomic E-state index is 5.59. The summed E-state index contributed by atoms with van der Waals surface area (Å²) in [6.07, 6.45) is 16.3. The molecule has 134 valence electrons. The minimum atomic E-state index is 0.184. The molecule has 0 aliphatic rings. The van der Waals surface area contributed by atoms with Gasteiger partial charge in [0.1, 0.15) is 0 Å². The predicted molar refractivity (Wildman–Crippen MR) is 104 cm³/mol. The Labute approximate surface area is 152 Å². The fourth-order valence-electron chi connectivity index (χ4n) is 2.20. The van der Waals surface area contributed by atoms with Gasteiger partial charge in [-0.1, -0.05) is 65.2 Å². The summed E-state index contributed by atoms with van der Waals surface area (Å²) in [6.45, 7) is 11.1. The average Bonchev–Trinajstić information content (AvgIpc) is 2.54. The molecule has 0 heterocycles. The number of rotatable bonds is 16. The topological polar surface area (TPSA) is 9.23 Å². The van der Waals surface area contributed by atoms with Crippen LogP contribution in [0.3, 0.4) is 0 Å². The third-order valence-electron chi connectivity index (χ3n) is 3.74. The third kappa shape index (κ3) is 28.9. The first-order valence-corrected chi connectivity index (χ1v) is 14.1. The van der Waals surface area contributed by atoms with Crippen LogP contribution in [0.25, 0.3) is 0 Å². The Balaban J connectivity index is 0. The number of hydrogen-bond acceptors (Lipinski definition) is 1. The second-order valence-corrected chi connectivity index (χ2v) is 11.0. The summed E-state index contributed by atoms with van der Waals surface area (Å²) in [4.78, 5) is 0. The zero-order valence-corrected chi connectivity index (χ0v) is 19.1. The van der Waals surface area contributed by atoms with Crippen molar-refractivity contribution in [1.29, 1.82) is 0 Å². The van der Waals surface area contributed by atoms with Gasteiger partial charge in [0.05, 0.1) is 0 Å². The van der Waals surface area contributed by atoms with Crippen molar-refractivity contribution in [2.45, 2.75) is 114 Å². The molecule has 1 nitrogen and oxygen atoms in total. The van der Waals surface area contributed by atoms with Crippen molar-refractivity contribution in [3.05, 3.63) is 0 Å². The van der Waals surface area contributed by atoms with Gasteiger partial charge in [-0.15, -0.1) is 0 Å². The fourth-order valence-corrected chi connectivity index (χ4v) is 4.93. The molecule has 2 radical (unpaired) electrons. The van der Waals surface area contributed by atoms with E-state index in [1.165, 1.54) is 81.5 Å². The van der Waals surface area contributed by atoms with Gasteiger partial charge in [0.25, 0.3) is 0 Å². The molecule has 0 unspecified atom stereocenters. The Morgan fingerprint density at radius 3 is 1.41 bits per heavy atom. The molecule has 0 aliphatic heterocycles. The molecule has 0 atom stereocenters. The van der Waals surface area contributed by atoms with Gasteiger partial charge in [0, 0.05) is 13.2 Å².